The first-order valence-electron chi connectivity index (χ1n) is 6.51. The van der Waals surface area contributed by atoms with Crippen molar-refractivity contribution in [2.24, 2.45) is 0 Å². The highest BCUT2D eigenvalue weighted by atomic mass is 19.4. The Balaban J connectivity index is 1.84. The van der Waals surface area contributed by atoms with Crippen molar-refractivity contribution in [3.63, 3.8) is 0 Å². The Labute approximate surface area is 124 Å². The summed E-state index contributed by atoms with van der Waals surface area (Å²) in [5.41, 5.74) is 6.11. The molecular formula is C16H12F3NO2. The molecule has 22 heavy (non-hydrogen) atoms. The van der Waals surface area contributed by atoms with Crippen LogP contribution in [0.3, 0.4) is 0 Å². The fraction of sp³-hybridized carbons (Fsp3) is 0.125. The minimum Gasteiger partial charge on any atom is -0.485 e. The normalized spacial score (nSPS) is 11.8. The van der Waals surface area contributed by atoms with Crippen LogP contribution in [-0.4, -0.2) is 0 Å². The van der Waals surface area contributed by atoms with Crippen LogP contribution in [0.15, 0.2) is 52.9 Å². The molecule has 114 valence electrons. The quantitative estimate of drug-likeness (QED) is 0.719. The van der Waals surface area contributed by atoms with Crippen molar-refractivity contribution < 1.29 is 22.3 Å². The van der Waals surface area contributed by atoms with Crippen molar-refractivity contribution in [3.05, 3.63) is 59.9 Å². The van der Waals surface area contributed by atoms with Gasteiger partial charge in [0.2, 0.25) is 0 Å². The summed E-state index contributed by atoms with van der Waals surface area (Å²) in [7, 11) is 0. The number of ether oxygens (including phenoxy) is 1. The zero-order chi connectivity index (χ0) is 15.7. The number of halogens is 3. The van der Waals surface area contributed by atoms with Crippen LogP contribution in [0.5, 0.6) is 5.75 Å². The summed E-state index contributed by atoms with van der Waals surface area (Å²) < 4.78 is 49.4. The van der Waals surface area contributed by atoms with Gasteiger partial charge in [-0.25, -0.2) is 0 Å². The molecule has 3 aromatic rings. The average molecular weight is 307 g/mol. The van der Waals surface area contributed by atoms with Gasteiger partial charge in [0.1, 0.15) is 23.7 Å². The Morgan fingerprint density at radius 2 is 1.82 bits per heavy atom. The summed E-state index contributed by atoms with van der Waals surface area (Å²) in [5.74, 6) is 0.174. The van der Waals surface area contributed by atoms with Crippen LogP contribution >= 0.6 is 0 Å². The number of hydrogen-bond donors (Lipinski definition) is 1. The van der Waals surface area contributed by atoms with Crippen LogP contribution in [0, 0.1) is 0 Å². The molecule has 0 fully saturated rings. The van der Waals surface area contributed by atoms with Gasteiger partial charge in [-0.05, 0) is 30.3 Å². The second kappa shape index (κ2) is 5.29. The molecule has 0 bridgehead atoms. The van der Waals surface area contributed by atoms with Gasteiger partial charge in [-0.15, -0.1) is 0 Å². The largest absolute Gasteiger partial charge is 0.485 e. The Hall–Kier alpha value is -2.63. The number of alkyl halides is 3. The number of nitrogen functional groups attached to an aromatic ring is 1. The molecule has 0 spiro atoms. The Bertz CT molecular complexity index is 809. The Morgan fingerprint density at radius 1 is 1.05 bits per heavy atom. The van der Waals surface area contributed by atoms with E-state index in [-0.39, 0.29) is 12.4 Å². The predicted octanol–water partition coefficient (Wildman–Crippen LogP) is 4.61. The molecule has 0 saturated heterocycles. The third-order valence-corrected chi connectivity index (χ3v) is 3.21. The molecule has 0 amide bonds. The van der Waals surface area contributed by atoms with E-state index in [0.717, 1.165) is 6.07 Å². The lowest BCUT2D eigenvalue weighted by Gasteiger charge is -2.12. The topological polar surface area (TPSA) is 48.4 Å². The van der Waals surface area contributed by atoms with Crippen molar-refractivity contribution in [2.75, 3.05) is 5.73 Å². The van der Waals surface area contributed by atoms with Gasteiger partial charge < -0.3 is 14.9 Å². The molecule has 0 saturated carbocycles. The molecule has 0 aliphatic carbocycles. The molecule has 0 aliphatic heterocycles. The maximum Gasteiger partial charge on any atom is 0.419 e. The summed E-state index contributed by atoms with van der Waals surface area (Å²) >= 11 is 0. The standard InChI is InChI=1S/C16H12F3NO2/c17-16(18,19)12-4-1-2-6-15(12)21-9-10-8-11-13(20)5-3-7-14(11)22-10/h1-8H,9,20H2. The van der Waals surface area contributed by atoms with E-state index in [2.05, 4.69) is 0 Å². The van der Waals surface area contributed by atoms with Gasteiger partial charge in [0.25, 0.3) is 0 Å². The molecule has 1 aromatic heterocycles. The van der Waals surface area contributed by atoms with Crippen molar-refractivity contribution in [2.45, 2.75) is 12.8 Å². The minimum atomic E-state index is -4.46. The first-order valence-corrected chi connectivity index (χ1v) is 6.51. The fourth-order valence-corrected chi connectivity index (χ4v) is 2.18. The number of hydrogen-bond acceptors (Lipinski definition) is 3. The zero-order valence-corrected chi connectivity index (χ0v) is 11.4. The van der Waals surface area contributed by atoms with Crippen molar-refractivity contribution in [1.82, 2.24) is 0 Å². The van der Waals surface area contributed by atoms with Crippen LogP contribution in [-0.2, 0) is 12.8 Å². The van der Waals surface area contributed by atoms with E-state index in [0.29, 0.717) is 22.4 Å². The maximum atomic E-state index is 12.9. The van der Waals surface area contributed by atoms with E-state index in [1.165, 1.54) is 18.2 Å². The molecule has 0 radical (unpaired) electrons. The highest BCUT2D eigenvalue weighted by Crippen LogP contribution is 2.36. The van der Waals surface area contributed by atoms with Crippen molar-refractivity contribution in [1.29, 1.82) is 0 Å². The number of benzene rings is 2. The smallest absolute Gasteiger partial charge is 0.419 e. The first kappa shape index (κ1) is 14.3. The number of anilines is 1. The van der Waals surface area contributed by atoms with E-state index in [1.54, 1.807) is 24.3 Å². The lowest BCUT2D eigenvalue weighted by Crippen LogP contribution is -2.08. The maximum absolute atomic E-state index is 12.9. The SMILES string of the molecule is Nc1cccc2oc(COc3ccccc3C(F)(F)F)cc12. The van der Waals surface area contributed by atoms with Crippen molar-refractivity contribution >= 4 is 16.7 Å². The van der Waals surface area contributed by atoms with Crippen LogP contribution in [0.2, 0.25) is 0 Å². The fourth-order valence-electron chi connectivity index (χ4n) is 2.18. The number of rotatable bonds is 3. The van der Waals surface area contributed by atoms with Crippen molar-refractivity contribution in [3.8, 4) is 5.75 Å². The number of para-hydroxylation sites is 1. The number of nitrogens with two attached hydrogens (primary N) is 1. The molecule has 2 N–H and O–H groups in total. The Morgan fingerprint density at radius 3 is 2.55 bits per heavy atom. The van der Waals surface area contributed by atoms with Gasteiger partial charge in [-0.1, -0.05) is 18.2 Å². The summed E-state index contributed by atoms with van der Waals surface area (Å²) in [6.07, 6.45) is -4.46. The summed E-state index contributed by atoms with van der Waals surface area (Å²) in [6, 6.07) is 11.9. The van der Waals surface area contributed by atoms with Gasteiger partial charge in [-0.3, -0.25) is 0 Å². The molecule has 0 aliphatic rings. The van der Waals surface area contributed by atoms with Crippen LogP contribution < -0.4 is 10.5 Å². The van der Waals surface area contributed by atoms with Gasteiger partial charge in [0.15, 0.2) is 0 Å². The summed E-state index contributed by atoms with van der Waals surface area (Å²) in [6.45, 7) is -0.110. The average Bonchev–Trinajstić information content (AvgIpc) is 2.89. The monoisotopic (exact) mass is 307 g/mol. The molecule has 2 aromatic carbocycles. The molecule has 3 nitrogen and oxygen atoms in total. The third kappa shape index (κ3) is 2.72. The molecule has 3 rings (SSSR count). The second-order valence-electron chi connectivity index (χ2n) is 4.75. The van der Waals surface area contributed by atoms with E-state index in [1.807, 2.05) is 0 Å². The van der Waals surface area contributed by atoms with Gasteiger partial charge in [-0.2, -0.15) is 13.2 Å². The third-order valence-electron chi connectivity index (χ3n) is 3.21. The Kier molecular flexibility index (Phi) is 3.44. The van der Waals surface area contributed by atoms with Crippen LogP contribution in [0.4, 0.5) is 18.9 Å². The van der Waals surface area contributed by atoms with E-state index in [4.69, 9.17) is 14.9 Å². The van der Waals surface area contributed by atoms with E-state index >= 15 is 0 Å². The molecule has 0 unspecified atom stereocenters. The van der Waals surface area contributed by atoms with Gasteiger partial charge in [0, 0.05) is 11.1 Å². The molecular weight excluding hydrogens is 295 g/mol. The lowest BCUT2D eigenvalue weighted by molar-refractivity contribution is -0.139. The first-order chi connectivity index (χ1) is 10.4. The van der Waals surface area contributed by atoms with Crippen LogP contribution in [0.1, 0.15) is 11.3 Å². The summed E-state index contributed by atoms with van der Waals surface area (Å²) in [5, 5.41) is 0.713. The molecule has 0 atom stereocenters. The van der Waals surface area contributed by atoms with Crippen LogP contribution in [0.25, 0.3) is 11.0 Å². The highest BCUT2D eigenvalue weighted by molar-refractivity contribution is 5.89. The van der Waals surface area contributed by atoms with E-state index in [9.17, 15) is 13.2 Å². The number of furan rings is 1. The molecule has 1 heterocycles. The minimum absolute atomic E-state index is 0.110. The van der Waals surface area contributed by atoms with E-state index < -0.39 is 11.7 Å². The molecule has 6 heteroatoms. The predicted molar refractivity (Wildman–Crippen MR) is 76.4 cm³/mol. The lowest BCUT2D eigenvalue weighted by atomic mass is 10.2. The highest BCUT2D eigenvalue weighted by Gasteiger charge is 2.34. The summed E-state index contributed by atoms with van der Waals surface area (Å²) in [4.78, 5) is 0. The van der Waals surface area contributed by atoms with Gasteiger partial charge in [0.05, 0.1) is 5.56 Å². The second-order valence-corrected chi connectivity index (χ2v) is 4.75. The van der Waals surface area contributed by atoms with Gasteiger partial charge >= 0.3 is 6.18 Å². The zero-order valence-electron chi connectivity index (χ0n) is 11.4. The number of fused-ring (bicyclic) bond motifs is 1.